The number of carbonyl (C=O) groups excluding carboxylic acids is 2. The molecule has 5 heteroatoms. The quantitative estimate of drug-likeness (QED) is 0.589. The van der Waals surface area contributed by atoms with Gasteiger partial charge in [0.05, 0.1) is 11.5 Å². The van der Waals surface area contributed by atoms with E-state index >= 15 is 0 Å². The molecular weight excluding hydrogens is 298 g/mol. The minimum absolute atomic E-state index is 0.240. The van der Waals surface area contributed by atoms with E-state index in [0.29, 0.717) is 17.4 Å². The summed E-state index contributed by atoms with van der Waals surface area (Å²) in [4.78, 5) is 25.5. The average Bonchev–Trinajstić information content (AvgIpc) is 2.74. The van der Waals surface area contributed by atoms with Crippen LogP contribution in [0.4, 0.5) is 4.79 Å². The highest BCUT2D eigenvalue weighted by Crippen LogP contribution is 2.32. The van der Waals surface area contributed by atoms with Gasteiger partial charge >= 0.3 is 0 Å². The predicted molar refractivity (Wildman–Crippen MR) is 89.6 cm³/mol. The van der Waals surface area contributed by atoms with Crippen LogP contribution in [0.25, 0.3) is 6.08 Å². The first-order valence-corrected chi connectivity index (χ1v) is 7.92. The Morgan fingerprint density at radius 1 is 1.27 bits per heavy atom. The number of hydrogen-bond donors (Lipinski definition) is 0. The third-order valence-electron chi connectivity index (χ3n) is 2.95. The molecule has 0 aromatic heterocycles. The van der Waals surface area contributed by atoms with Crippen LogP contribution in [-0.4, -0.2) is 29.2 Å². The molecule has 0 spiro atoms. The van der Waals surface area contributed by atoms with Crippen LogP contribution in [0, 0.1) is 5.92 Å². The maximum Gasteiger partial charge on any atom is 0.293 e. The smallest absolute Gasteiger partial charge is 0.293 e. The van der Waals surface area contributed by atoms with Crippen molar-refractivity contribution in [1.29, 1.82) is 0 Å². The maximum absolute atomic E-state index is 12.1. The van der Waals surface area contributed by atoms with E-state index in [-0.39, 0.29) is 17.7 Å². The van der Waals surface area contributed by atoms with E-state index < -0.39 is 0 Å². The van der Waals surface area contributed by atoms with Gasteiger partial charge in [0.2, 0.25) is 0 Å². The van der Waals surface area contributed by atoms with Gasteiger partial charge in [-0.05, 0) is 41.5 Å². The molecule has 0 aliphatic carbocycles. The summed E-state index contributed by atoms with van der Waals surface area (Å²) >= 11 is 0.954. The van der Waals surface area contributed by atoms with Crippen molar-refractivity contribution in [2.75, 3.05) is 13.2 Å². The number of carbonyl (C=O) groups is 2. The Hall–Kier alpha value is -2.01. The van der Waals surface area contributed by atoms with Crippen LogP contribution in [0.5, 0.6) is 5.75 Å². The highest BCUT2D eigenvalue weighted by Gasteiger charge is 2.33. The molecule has 1 fully saturated rings. The Labute approximate surface area is 134 Å². The number of benzene rings is 1. The van der Waals surface area contributed by atoms with Gasteiger partial charge in [-0.3, -0.25) is 14.5 Å². The zero-order chi connectivity index (χ0) is 16.1. The first kappa shape index (κ1) is 16.4. The number of amides is 2. The molecule has 0 bridgehead atoms. The maximum atomic E-state index is 12.1. The summed E-state index contributed by atoms with van der Waals surface area (Å²) in [6, 6.07) is 7.47. The number of rotatable bonds is 6. The summed E-state index contributed by atoms with van der Waals surface area (Å²) in [5.74, 6) is 0.997. The number of imide groups is 1. The SMILES string of the molecule is C=CCN1C(=O)SC(=Cc2ccc(OCC(C)C)cc2)C1=O. The lowest BCUT2D eigenvalue weighted by atomic mass is 10.2. The molecule has 116 valence electrons. The monoisotopic (exact) mass is 317 g/mol. The lowest BCUT2D eigenvalue weighted by Crippen LogP contribution is -2.27. The Morgan fingerprint density at radius 2 is 1.95 bits per heavy atom. The second-order valence-electron chi connectivity index (χ2n) is 5.35. The summed E-state index contributed by atoms with van der Waals surface area (Å²) in [5.41, 5.74) is 0.862. The highest BCUT2D eigenvalue weighted by molar-refractivity contribution is 8.18. The Morgan fingerprint density at radius 3 is 2.55 bits per heavy atom. The molecule has 2 amide bonds. The van der Waals surface area contributed by atoms with Crippen LogP contribution < -0.4 is 4.74 Å². The number of hydrogen-bond acceptors (Lipinski definition) is 4. The van der Waals surface area contributed by atoms with Crippen LogP contribution >= 0.6 is 11.8 Å². The van der Waals surface area contributed by atoms with E-state index in [4.69, 9.17) is 4.74 Å². The van der Waals surface area contributed by atoms with Gasteiger partial charge in [-0.2, -0.15) is 0 Å². The molecule has 0 unspecified atom stereocenters. The van der Waals surface area contributed by atoms with Gasteiger partial charge < -0.3 is 4.74 Å². The van der Waals surface area contributed by atoms with E-state index in [9.17, 15) is 9.59 Å². The van der Waals surface area contributed by atoms with Crippen molar-refractivity contribution >= 4 is 29.0 Å². The van der Waals surface area contributed by atoms with Crippen molar-refractivity contribution in [3.63, 3.8) is 0 Å². The fourth-order valence-electron chi connectivity index (χ4n) is 1.86. The van der Waals surface area contributed by atoms with Crippen LogP contribution in [0.15, 0.2) is 41.8 Å². The van der Waals surface area contributed by atoms with E-state index in [0.717, 1.165) is 23.1 Å². The molecule has 4 nitrogen and oxygen atoms in total. The van der Waals surface area contributed by atoms with E-state index in [1.54, 1.807) is 12.2 Å². The largest absolute Gasteiger partial charge is 0.493 e. The summed E-state index contributed by atoms with van der Waals surface area (Å²) < 4.78 is 5.61. The molecule has 0 radical (unpaired) electrons. The van der Waals surface area contributed by atoms with Crippen molar-refractivity contribution < 1.29 is 14.3 Å². The first-order valence-electron chi connectivity index (χ1n) is 7.10. The molecule has 2 rings (SSSR count). The Kier molecular flexibility index (Phi) is 5.44. The normalized spacial score (nSPS) is 16.7. The lowest BCUT2D eigenvalue weighted by Gasteiger charge is -2.08. The molecule has 1 aliphatic rings. The van der Waals surface area contributed by atoms with Crippen molar-refractivity contribution in [1.82, 2.24) is 4.90 Å². The van der Waals surface area contributed by atoms with Gasteiger partial charge in [-0.15, -0.1) is 6.58 Å². The zero-order valence-electron chi connectivity index (χ0n) is 12.7. The Bertz CT molecular complexity index is 605. The second-order valence-corrected chi connectivity index (χ2v) is 6.35. The minimum Gasteiger partial charge on any atom is -0.493 e. The van der Waals surface area contributed by atoms with Crippen LogP contribution in [0.2, 0.25) is 0 Å². The number of ether oxygens (including phenoxy) is 1. The standard InChI is InChI=1S/C17H19NO3S/c1-4-9-18-16(19)15(22-17(18)20)10-13-5-7-14(8-6-13)21-11-12(2)3/h4-8,10,12H,1,9,11H2,2-3H3. The summed E-state index contributed by atoms with van der Waals surface area (Å²) in [6.07, 6.45) is 3.26. The molecule has 1 aliphatic heterocycles. The van der Waals surface area contributed by atoms with E-state index in [2.05, 4.69) is 20.4 Å². The summed E-state index contributed by atoms with van der Waals surface area (Å²) in [7, 11) is 0. The molecule has 1 aromatic rings. The molecular formula is C17H19NO3S. The molecule has 22 heavy (non-hydrogen) atoms. The molecule has 0 saturated carbocycles. The third kappa shape index (κ3) is 4.01. The van der Waals surface area contributed by atoms with Gasteiger partial charge in [0.1, 0.15) is 5.75 Å². The summed E-state index contributed by atoms with van der Waals surface area (Å²) in [6.45, 7) is 8.64. The molecule has 0 atom stereocenters. The van der Waals surface area contributed by atoms with Gasteiger partial charge in [-0.25, -0.2) is 0 Å². The van der Waals surface area contributed by atoms with Crippen molar-refractivity contribution in [2.45, 2.75) is 13.8 Å². The average molecular weight is 317 g/mol. The molecule has 1 saturated heterocycles. The Balaban J connectivity index is 2.08. The topological polar surface area (TPSA) is 46.6 Å². The zero-order valence-corrected chi connectivity index (χ0v) is 13.6. The minimum atomic E-state index is -0.268. The third-order valence-corrected chi connectivity index (χ3v) is 3.85. The van der Waals surface area contributed by atoms with Crippen LogP contribution in [0.1, 0.15) is 19.4 Å². The number of thioether (sulfide) groups is 1. The predicted octanol–water partition coefficient (Wildman–Crippen LogP) is 3.94. The van der Waals surface area contributed by atoms with Crippen molar-refractivity contribution in [2.24, 2.45) is 5.92 Å². The van der Waals surface area contributed by atoms with Crippen LogP contribution in [-0.2, 0) is 4.79 Å². The van der Waals surface area contributed by atoms with Crippen molar-refractivity contribution in [3.8, 4) is 5.75 Å². The fraction of sp³-hybridized carbons (Fsp3) is 0.294. The van der Waals surface area contributed by atoms with Gasteiger partial charge in [0.25, 0.3) is 11.1 Å². The van der Waals surface area contributed by atoms with Crippen LogP contribution in [0.3, 0.4) is 0 Å². The second kappa shape index (κ2) is 7.31. The molecule has 0 N–H and O–H groups in total. The first-order chi connectivity index (χ1) is 10.5. The fourth-order valence-corrected chi connectivity index (χ4v) is 2.71. The summed E-state index contributed by atoms with van der Waals surface area (Å²) in [5, 5.41) is -0.256. The highest BCUT2D eigenvalue weighted by atomic mass is 32.2. The molecule has 1 aromatic carbocycles. The van der Waals surface area contributed by atoms with Gasteiger partial charge in [0, 0.05) is 6.54 Å². The number of nitrogens with zero attached hydrogens (tertiary/aromatic N) is 1. The van der Waals surface area contributed by atoms with E-state index in [1.165, 1.54) is 4.90 Å². The van der Waals surface area contributed by atoms with Gasteiger partial charge in [-0.1, -0.05) is 32.1 Å². The van der Waals surface area contributed by atoms with Gasteiger partial charge in [0.15, 0.2) is 0 Å². The molecule has 1 heterocycles. The lowest BCUT2D eigenvalue weighted by molar-refractivity contribution is -0.122. The van der Waals surface area contributed by atoms with E-state index in [1.807, 2.05) is 24.3 Å². The van der Waals surface area contributed by atoms with Crippen molar-refractivity contribution in [3.05, 3.63) is 47.4 Å².